The molecule has 1 atom stereocenters. The minimum absolute atomic E-state index is 0.175. The molecule has 0 heterocycles. The zero-order valence-corrected chi connectivity index (χ0v) is 12.5. The molecule has 118 valence electrons. The molecular weight excluding hydrogens is 283 g/mol. The van der Waals surface area contributed by atoms with Gasteiger partial charge in [0.05, 0.1) is 12.1 Å². The van der Waals surface area contributed by atoms with Crippen LogP contribution in [-0.4, -0.2) is 28.1 Å². The summed E-state index contributed by atoms with van der Waals surface area (Å²) in [6, 6.07) is 4.53. The van der Waals surface area contributed by atoms with Gasteiger partial charge in [-0.05, 0) is 45.4 Å². The standard InChI is InChI=1S/C15H20F3NO2/c1-10(19(9-13(20)21)14(2,3)4)11-5-7-12(8-6-11)15(16,17)18/h5-8,10H,9H2,1-4H3,(H,20,21). The van der Waals surface area contributed by atoms with Crippen LogP contribution in [0.25, 0.3) is 0 Å². The van der Waals surface area contributed by atoms with E-state index in [9.17, 15) is 18.0 Å². The molecule has 6 heteroatoms. The van der Waals surface area contributed by atoms with E-state index in [1.54, 1.807) is 11.8 Å². The third-order valence-corrected chi connectivity index (χ3v) is 3.36. The van der Waals surface area contributed by atoms with Crippen molar-refractivity contribution in [2.24, 2.45) is 0 Å². The lowest BCUT2D eigenvalue weighted by Gasteiger charge is -2.39. The molecule has 0 bridgehead atoms. The summed E-state index contributed by atoms with van der Waals surface area (Å²) in [5.41, 5.74) is -0.473. The van der Waals surface area contributed by atoms with Crippen LogP contribution >= 0.6 is 0 Å². The topological polar surface area (TPSA) is 40.5 Å². The average Bonchev–Trinajstić information content (AvgIpc) is 2.33. The van der Waals surface area contributed by atoms with Crippen molar-refractivity contribution in [2.45, 2.75) is 45.5 Å². The van der Waals surface area contributed by atoms with Gasteiger partial charge in [0, 0.05) is 11.6 Å². The van der Waals surface area contributed by atoms with Crippen molar-refractivity contribution in [3.8, 4) is 0 Å². The number of carboxylic acid groups (broad SMARTS) is 1. The van der Waals surface area contributed by atoms with Crippen LogP contribution in [0, 0.1) is 0 Å². The zero-order valence-electron chi connectivity index (χ0n) is 12.5. The third kappa shape index (κ3) is 4.74. The van der Waals surface area contributed by atoms with E-state index < -0.39 is 23.2 Å². The van der Waals surface area contributed by atoms with Crippen molar-refractivity contribution >= 4 is 5.97 Å². The normalized spacial score (nSPS) is 14.3. The van der Waals surface area contributed by atoms with E-state index in [0.717, 1.165) is 12.1 Å². The number of aliphatic carboxylic acids is 1. The second kappa shape index (κ2) is 6.05. The van der Waals surface area contributed by atoms with Crippen molar-refractivity contribution in [3.05, 3.63) is 35.4 Å². The molecule has 1 N–H and O–H groups in total. The minimum Gasteiger partial charge on any atom is -0.480 e. The Morgan fingerprint density at radius 1 is 1.19 bits per heavy atom. The van der Waals surface area contributed by atoms with Crippen LogP contribution in [0.4, 0.5) is 13.2 Å². The zero-order chi connectivity index (χ0) is 16.4. The smallest absolute Gasteiger partial charge is 0.416 e. The summed E-state index contributed by atoms with van der Waals surface area (Å²) in [5.74, 6) is -0.969. The van der Waals surface area contributed by atoms with Crippen LogP contribution in [0.5, 0.6) is 0 Å². The van der Waals surface area contributed by atoms with Crippen molar-refractivity contribution in [1.29, 1.82) is 0 Å². The second-order valence-electron chi connectivity index (χ2n) is 5.99. The maximum Gasteiger partial charge on any atom is 0.416 e. The molecule has 21 heavy (non-hydrogen) atoms. The summed E-state index contributed by atoms with van der Waals surface area (Å²) in [4.78, 5) is 12.7. The predicted molar refractivity (Wildman–Crippen MR) is 74.0 cm³/mol. The van der Waals surface area contributed by atoms with E-state index in [4.69, 9.17) is 5.11 Å². The molecule has 1 aromatic carbocycles. The van der Waals surface area contributed by atoms with Gasteiger partial charge in [-0.3, -0.25) is 9.69 Å². The summed E-state index contributed by atoms with van der Waals surface area (Å²) in [7, 11) is 0. The fraction of sp³-hybridized carbons (Fsp3) is 0.533. The van der Waals surface area contributed by atoms with Gasteiger partial charge < -0.3 is 5.11 Å². The van der Waals surface area contributed by atoms with E-state index in [-0.39, 0.29) is 12.6 Å². The van der Waals surface area contributed by atoms with Crippen LogP contribution in [-0.2, 0) is 11.0 Å². The molecule has 0 saturated heterocycles. The van der Waals surface area contributed by atoms with Crippen molar-refractivity contribution < 1.29 is 23.1 Å². The number of hydrogen-bond donors (Lipinski definition) is 1. The summed E-state index contributed by atoms with van der Waals surface area (Å²) in [6.07, 6.45) is -4.37. The highest BCUT2D eigenvalue weighted by molar-refractivity contribution is 5.69. The number of rotatable bonds is 4. The number of halogens is 3. The molecule has 0 radical (unpaired) electrons. The summed E-state index contributed by atoms with van der Waals surface area (Å²) >= 11 is 0. The quantitative estimate of drug-likeness (QED) is 0.915. The van der Waals surface area contributed by atoms with Gasteiger partial charge in [-0.15, -0.1) is 0 Å². The van der Waals surface area contributed by atoms with Gasteiger partial charge >= 0.3 is 12.1 Å². The monoisotopic (exact) mass is 303 g/mol. The highest BCUT2D eigenvalue weighted by Crippen LogP contribution is 2.32. The number of carbonyl (C=O) groups is 1. The molecule has 0 aromatic heterocycles. The first-order valence-corrected chi connectivity index (χ1v) is 6.58. The molecular formula is C15H20F3NO2. The fourth-order valence-electron chi connectivity index (χ4n) is 2.23. The SMILES string of the molecule is CC(c1ccc(C(F)(F)F)cc1)N(CC(=O)O)C(C)(C)C. The van der Waals surface area contributed by atoms with E-state index in [0.29, 0.717) is 5.56 Å². The van der Waals surface area contributed by atoms with Gasteiger partial charge in [0.25, 0.3) is 0 Å². The molecule has 1 aromatic rings. The third-order valence-electron chi connectivity index (χ3n) is 3.36. The Balaban J connectivity index is 3.04. The van der Waals surface area contributed by atoms with Crippen molar-refractivity contribution in [1.82, 2.24) is 4.90 Å². The number of benzene rings is 1. The molecule has 0 aliphatic heterocycles. The van der Waals surface area contributed by atoms with E-state index in [1.165, 1.54) is 12.1 Å². The lowest BCUT2D eigenvalue weighted by Crippen LogP contribution is -2.45. The Hall–Kier alpha value is -1.56. The number of nitrogens with zero attached hydrogens (tertiary/aromatic N) is 1. The van der Waals surface area contributed by atoms with Crippen LogP contribution in [0.15, 0.2) is 24.3 Å². The Bertz CT molecular complexity index is 489. The van der Waals surface area contributed by atoms with Gasteiger partial charge in [0.1, 0.15) is 0 Å². The van der Waals surface area contributed by atoms with Gasteiger partial charge in [-0.25, -0.2) is 0 Å². The molecule has 0 aliphatic rings. The average molecular weight is 303 g/mol. The summed E-state index contributed by atoms with van der Waals surface area (Å²) in [6.45, 7) is 7.23. The lowest BCUT2D eigenvalue weighted by atomic mass is 9.98. The van der Waals surface area contributed by atoms with Crippen LogP contribution in [0.3, 0.4) is 0 Å². The fourth-order valence-corrected chi connectivity index (χ4v) is 2.23. The highest BCUT2D eigenvalue weighted by Gasteiger charge is 2.32. The first kappa shape index (κ1) is 17.5. The van der Waals surface area contributed by atoms with Crippen molar-refractivity contribution in [2.75, 3.05) is 6.54 Å². The Labute approximate surface area is 122 Å². The first-order valence-electron chi connectivity index (χ1n) is 6.58. The van der Waals surface area contributed by atoms with Crippen LogP contribution < -0.4 is 0 Å². The lowest BCUT2D eigenvalue weighted by molar-refractivity contribution is -0.140. The second-order valence-corrected chi connectivity index (χ2v) is 5.99. The van der Waals surface area contributed by atoms with Crippen molar-refractivity contribution in [3.63, 3.8) is 0 Å². The number of hydrogen-bond acceptors (Lipinski definition) is 2. The molecule has 1 unspecified atom stereocenters. The van der Waals surface area contributed by atoms with Crippen LogP contribution in [0.2, 0.25) is 0 Å². The van der Waals surface area contributed by atoms with Gasteiger partial charge in [-0.1, -0.05) is 12.1 Å². The molecule has 1 rings (SSSR count). The molecule has 0 spiro atoms. The molecule has 0 fully saturated rings. The predicted octanol–water partition coefficient (Wildman–Crippen LogP) is 3.95. The molecule has 3 nitrogen and oxygen atoms in total. The largest absolute Gasteiger partial charge is 0.480 e. The molecule has 0 amide bonds. The van der Waals surface area contributed by atoms with Crippen LogP contribution in [0.1, 0.15) is 44.9 Å². The van der Waals surface area contributed by atoms with E-state index in [2.05, 4.69) is 0 Å². The maximum atomic E-state index is 12.6. The number of alkyl halides is 3. The van der Waals surface area contributed by atoms with E-state index >= 15 is 0 Å². The maximum absolute atomic E-state index is 12.6. The Morgan fingerprint density at radius 3 is 2.00 bits per heavy atom. The summed E-state index contributed by atoms with van der Waals surface area (Å²) in [5, 5.41) is 9.00. The minimum atomic E-state index is -4.37. The number of carboxylic acids is 1. The molecule has 0 saturated carbocycles. The Kier molecular flexibility index (Phi) is 5.04. The summed E-state index contributed by atoms with van der Waals surface area (Å²) < 4.78 is 37.7. The van der Waals surface area contributed by atoms with Gasteiger partial charge in [0.2, 0.25) is 0 Å². The van der Waals surface area contributed by atoms with Gasteiger partial charge in [0.15, 0.2) is 0 Å². The molecule has 0 aliphatic carbocycles. The van der Waals surface area contributed by atoms with Gasteiger partial charge in [-0.2, -0.15) is 13.2 Å². The Morgan fingerprint density at radius 2 is 1.67 bits per heavy atom. The first-order chi connectivity index (χ1) is 9.43. The highest BCUT2D eigenvalue weighted by atomic mass is 19.4. The van der Waals surface area contributed by atoms with E-state index in [1.807, 2.05) is 20.8 Å².